The Morgan fingerprint density at radius 1 is 1.05 bits per heavy atom. The quantitative estimate of drug-likeness (QED) is 0.312. The van der Waals surface area contributed by atoms with E-state index in [0.29, 0.717) is 17.6 Å². The van der Waals surface area contributed by atoms with Crippen LogP contribution in [0.1, 0.15) is 39.4 Å². The highest BCUT2D eigenvalue weighted by atomic mass is 32.2. The molecule has 0 bridgehead atoms. The van der Waals surface area contributed by atoms with Gasteiger partial charge >= 0.3 is 6.18 Å². The number of pyridine rings is 1. The monoisotopic (exact) mass is 608 g/mol. The fraction of sp³-hybridized carbons (Fsp3) is 0.360. The lowest BCUT2D eigenvalue weighted by molar-refractivity contribution is -0.138. The van der Waals surface area contributed by atoms with Gasteiger partial charge in [0.2, 0.25) is 15.9 Å². The van der Waals surface area contributed by atoms with E-state index in [9.17, 15) is 35.6 Å². The van der Waals surface area contributed by atoms with E-state index < -0.39 is 38.4 Å². The molecule has 2 N–H and O–H groups in total. The SMILES string of the molecule is Cc1nnn(Cc2cc(C(F)(F)F)cnc2CCC(=O)N2CC3=C(C2)CN(C(=O)c2ccc(S(N)(=O)=O)cc2F)C3)n1. The molecule has 42 heavy (non-hydrogen) atoms. The minimum Gasteiger partial charge on any atom is -0.335 e. The Labute approximate surface area is 236 Å². The van der Waals surface area contributed by atoms with E-state index in [1.807, 2.05) is 0 Å². The first-order valence-electron chi connectivity index (χ1n) is 12.6. The van der Waals surface area contributed by atoms with Crippen LogP contribution in [0.2, 0.25) is 0 Å². The molecule has 12 nitrogen and oxygen atoms in total. The number of hydrogen-bond donors (Lipinski definition) is 1. The molecule has 0 spiro atoms. The molecule has 2 aliphatic heterocycles. The molecular weight excluding hydrogens is 584 g/mol. The molecule has 0 fully saturated rings. The Kier molecular flexibility index (Phi) is 7.57. The van der Waals surface area contributed by atoms with Crippen LogP contribution in [0, 0.1) is 12.7 Å². The first-order valence-corrected chi connectivity index (χ1v) is 14.1. The van der Waals surface area contributed by atoms with Gasteiger partial charge in [-0.15, -0.1) is 10.2 Å². The van der Waals surface area contributed by atoms with Crippen molar-refractivity contribution < 1.29 is 35.6 Å². The first-order chi connectivity index (χ1) is 19.7. The van der Waals surface area contributed by atoms with Crippen molar-refractivity contribution in [2.75, 3.05) is 26.2 Å². The number of carbonyl (C=O) groups is 2. The molecule has 2 amide bonds. The maximum atomic E-state index is 14.5. The minimum atomic E-state index is -4.60. The van der Waals surface area contributed by atoms with Crippen molar-refractivity contribution in [1.29, 1.82) is 0 Å². The second-order valence-electron chi connectivity index (χ2n) is 10.00. The Hall–Kier alpha value is -4.25. The molecule has 4 heterocycles. The normalized spacial score (nSPS) is 15.5. The van der Waals surface area contributed by atoms with Gasteiger partial charge in [0.15, 0.2) is 5.82 Å². The summed E-state index contributed by atoms with van der Waals surface area (Å²) >= 11 is 0. The summed E-state index contributed by atoms with van der Waals surface area (Å²) in [6.45, 7) is 2.33. The Bertz CT molecular complexity index is 1700. The zero-order chi connectivity index (χ0) is 30.4. The molecule has 3 aromatic rings. The third-order valence-corrected chi connectivity index (χ3v) is 7.90. The van der Waals surface area contributed by atoms with Crippen molar-refractivity contribution in [3.05, 3.63) is 75.6 Å². The number of aryl methyl sites for hydroxylation is 2. The van der Waals surface area contributed by atoms with Gasteiger partial charge in [-0.1, -0.05) is 0 Å². The summed E-state index contributed by atoms with van der Waals surface area (Å²) in [4.78, 5) is 33.6. The van der Waals surface area contributed by atoms with Crippen LogP contribution in [-0.4, -0.2) is 81.4 Å². The van der Waals surface area contributed by atoms with Gasteiger partial charge in [0, 0.05) is 44.5 Å². The lowest BCUT2D eigenvalue weighted by Crippen LogP contribution is -2.36. The maximum absolute atomic E-state index is 14.5. The third kappa shape index (κ3) is 6.15. The number of nitrogens with zero attached hydrogens (tertiary/aromatic N) is 7. The smallest absolute Gasteiger partial charge is 0.335 e. The van der Waals surface area contributed by atoms with Gasteiger partial charge in [-0.25, -0.2) is 17.9 Å². The number of aromatic nitrogens is 5. The predicted octanol–water partition coefficient (Wildman–Crippen LogP) is 1.46. The number of primary sulfonamides is 1. The fourth-order valence-electron chi connectivity index (χ4n) is 4.90. The second kappa shape index (κ2) is 10.9. The van der Waals surface area contributed by atoms with Gasteiger partial charge in [0.05, 0.1) is 22.6 Å². The summed E-state index contributed by atoms with van der Waals surface area (Å²) in [6, 6.07) is 3.79. The van der Waals surface area contributed by atoms with E-state index in [0.717, 1.165) is 40.3 Å². The standard InChI is InChI=1S/C25H24F4N8O4S/c1-14-32-34-37(33-14)13-15-6-18(25(27,28)29)8-31-22(15)4-5-23(38)35-9-16-11-36(12-17(16)10-35)24(39)20-3-2-19(7-21(20)26)42(30,40)41/h2-3,6-8H,4-5,9-13H2,1H3,(H2,30,40,41). The predicted molar refractivity (Wildman–Crippen MR) is 136 cm³/mol. The van der Waals surface area contributed by atoms with Crippen LogP contribution >= 0.6 is 0 Å². The molecule has 17 heteroatoms. The molecule has 5 rings (SSSR count). The highest BCUT2D eigenvalue weighted by Crippen LogP contribution is 2.31. The number of benzene rings is 1. The van der Waals surface area contributed by atoms with Crippen molar-refractivity contribution in [2.24, 2.45) is 5.14 Å². The number of alkyl halides is 3. The van der Waals surface area contributed by atoms with Crippen LogP contribution in [0.25, 0.3) is 0 Å². The van der Waals surface area contributed by atoms with Gasteiger partial charge < -0.3 is 9.80 Å². The molecule has 0 atom stereocenters. The molecule has 0 unspecified atom stereocenters. The van der Waals surface area contributed by atoms with E-state index in [-0.39, 0.29) is 62.6 Å². The molecule has 0 saturated carbocycles. The minimum absolute atomic E-state index is 0.0139. The third-order valence-electron chi connectivity index (χ3n) is 6.99. The van der Waals surface area contributed by atoms with Crippen LogP contribution in [0.3, 0.4) is 0 Å². The largest absolute Gasteiger partial charge is 0.417 e. The molecule has 1 aromatic carbocycles. The second-order valence-corrected chi connectivity index (χ2v) is 11.6. The van der Waals surface area contributed by atoms with E-state index in [1.54, 1.807) is 11.8 Å². The first kappa shape index (κ1) is 29.2. The number of halogens is 4. The number of rotatable bonds is 7. The number of sulfonamides is 1. The van der Waals surface area contributed by atoms with E-state index in [2.05, 4.69) is 20.4 Å². The van der Waals surface area contributed by atoms with Gasteiger partial charge in [-0.3, -0.25) is 14.6 Å². The van der Waals surface area contributed by atoms with Crippen LogP contribution in [-0.2, 0) is 34.0 Å². The zero-order valence-electron chi connectivity index (χ0n) is 22.1. The Balaban J connectivity index is 1.20. The van der Waals surface area contributed by atoms with Gasteiger partial charge in [-0.2, -0.15) is 18.0 Å². The highest BCUT2D eigenvalue weighted by molar-refractivity contribution is 7.89. The summed E-state index contributed by atoms with van der Waals surface area (Å²) in [6.07, 6.45) is -3.80. The Morgan fingerprint density at radius 3 is 2.29 bits per heavy atom. The number of amides is 2. The van der Waals surface area contributed by atoms with Crippen LogP contribution < -0.4 is 5.14 Å². The number of tetrazole rings is 1. The van der Waals surface area contributed by atoms with Gasteiger partial charge in [0.1, 0.15) is 5.82 Å². The van der Waals surface area contributed by atoms with Gasteiger partial charge in [0.25, 0.3) is 5.91 Å². The summed E-state index contributed by atoms with van der Waals surface area (Å²) in [5.74, 6) is -1.53. The van der Waals surface area contributed by atoms with E-state index in [4.69, 9.17) is 5.14 Å². The number of carbonyl (C=O) groups excluding carboxylic acids is 2. The maximum Gasteiger partial charge on any atom is 0.417 e. The van der Waals surface area contributed by atoms with Crippen molar-refractivity contribution in [2.45, 2.75) is 37.4 Å². The van der Waals surface area contributed by atoms with E-state index >= 15 is 0 Å². The topological polar surface area (TPSA) is 157 Å². The zero-order valence-corrected chi connectivity index (χ0v) is 22.9. The van der Waals surface area contributed by atoms with Crippen LogP contribution in [0.15, 0.2) is 46.5 Å². The van der Waals surface area contributed by atoms with Crippen molar-refractivity contribution >= 4 is 21.8 Å². The summed E-state index contributed by atoms with van der Waals surface area (Å²) in [7, 11) is -4.13. The molecule has 222 valence electrons. The van der Waals surface area contributed by atoms with Crippen molar-refractivity contribution in [3.63, 3.8) is 0 Å². The average Bonchev–Trinajstić information content (AvgIpc) is 3.61. The molecule has 2 aliphatic rings. The summed E-state index contributed by atoms with van der Waals surface area (Å²) in [5.41, 5.74) is 0.962. The lowest BCUT2D eigenvalue weighted by Gasteiger charge is -2.23. The van der Waals surface area contributed by atoms with E-state index in [1.165, 1.54) is 4.90 Å². The highest BCUT2D eigenvalue weighted by Gasteiger charge is 2.35. The summed E-state index contributed by atoms with van der Waals surface area (Å²) < 4.78 is 77.3. The molecule has 0 radical (unpaired) electrons. The summed E-state index contributed by atoms with van der Waals surface area (Å²) in [5, 5.41) is 16.5. The Morgan fingerprint density at radius 2 is 1.71 bits per heavy atom. The number of hydrogen-bond acceptors (Lipinski definition) is 8. The number of nitrogens with two attached hydrogens (primary N) is 1. The van der Waals surface area contributed by atoms with Crippen LogP contribution in [0.4, 0.5) is 17.6 Å². The van der Waals surface area contributed by atoms with Gasteiger partial charge in [-0.05, 0) is 59.5 Å². The lowest BCUT2D eigenvalue weighted by atomic mass is 10.1. The molecule has 0 aliphatic carbocycles. The fourth-order valence-corrected chi connectivity index (χ4v) is 5.42. The molecular formula is C25H24F4N8O4S. The molecule has 0 saturated heterocycles. The van der Waals surface area contributed by atoms with Crippen LogP contribution in [0.5, 0.6) is 0 Å². The van der Waals surface area contributed by atoms with Crippen molar-refractivity contribution in [3.8, 4) is 0 Å². The molecule has 2 aromatic heterocycles. The average molecular weight is 609 g/mol. The van der Waals surface area contributed by atoms with Crippen molar-refractivity contribution in [1.82, 2.24) is 35.0 Å².